The summed E-state index contributed by atoms with van der Waals surface area (Å²) in [6, 6.07) is 3.60. The van der Waals surface area contributed by atoms with Gasteiger partial charge in [-0.2, -0.15) is 0 Å². The molecule has 0 radical (unpaired) electrons. The molecule has 0 saturated carbocycles. The van der Waals surface area contributed by atoms with Crippen LogP contribution in [-0.4, -0.2) is 10.9 Å². The van der Waals surface area contributed by atoms with E-state index in [-0.39, 0.29) is 11.1 Å². The Morgan fingerprint density at radius 2 is 2.37 bits per heavy atom. The van der Waals surface area contributed by atoms with Gasteiger partial charge in [-0.3, -0.25) is 4.79 Å². The van der Waals surface area contributed by atoms with Gasteiger partial charge in [-0.15, -0.1) is 11.3 Å². The summed E-state index contributed by atoms with van der Waals surface area (Å²) in [5, 5.41) is 5.02. The highest BCUT2D eigenvalue weighted by Crippen LogP contribution is 2.18. The third-order valence-electron chi connectivity index (χ3n) is 2.73. The molecular weight excluding hydrogens is 282 g/mol. The van der Waals surface area contributed by atoms with Crippen molar-refractivity contribution in [1.82, 2.24) is 10.3 Å². The van der Waals surface area contributed by atoms with E-state index >= 15 is 0 Å². The van der Waals surface area contributed by atoms with Gasteiger partial charge >= 0.3 is 0 Å². The number of hydrogen-bond acceptors (Lipinski definition) is 4. The molecule has 0 unspecified atom stereocenters. The topological polar surface area (TPSA) is 68.0 Å². The predicted molar refractivity (Wildman–Crippen MR) is 78.5 cm³/mol. The van der Waals surface area contributed by atoms with Crippen molar-refractivity contribution >= 4 is 34.5 Å². The summed E-state index contributed by atoms with van der Waals surface area (Å²) >= 11 is 7.52. The molecule has 0 aliphatic carbocycles. The summed E-state index contributed by atoms with van der Waals surface area (Å²) in [6.07, 6.45) is 2.38. The van der Waals surface area contributed by atoms with Crippen LogP contribution < -0.4 is 11.1 Å². The molecule has 2 heterocycles. The van der Waals surface area contributed by atoms with Gasteiger partial charge in [-0.25, -0.2) is 4.98 Å². The first kappa shape index (κ1) is 13.8. The van der Waals surface area contributed by atoms with Gasteiger partial charge in [0.25, 0.3) is 5.91 Å². The van der Waals surface area contributed by atoms with Gasteiger partial charge in [-0.1, -0.05) is 18.5 Å². The minimum absolute atomic E-state index is 0.161. The summed E-state index contributed by atoms with van der Waals surface area (Å²) < 4.78 is 0. The average molecular weight is 296 g/mol. The van der Waals surface area contributed by atoms with E-state index in [0.717, 1.165) is 11.3 Å². The molecule has 0 fully saturated rings. The van der Waals surface area contributed by atoms with Crippen LogP contribution in [0.3, 0.4) is 0 Å². The minimum atomic E-state index is -0.264. The zero-order valence-corrected chi connectivity index (χ0v) is 12.0. The molecule has 0 bridgehead atoms. The molecule has 2 rings (SSSR count). The number of nitrogens with two attached hydrogens (primary N) is 1. The monoisotopic (exact) mass is 295 g/mol. The van der Waals surface area contributed by atoms with E-state index in [1.165, 1.54) is 17.8 Å². The van der Waals surface area contributed by atoms with Crippen LogP contribution in [0.15, 0.2) is 23.7 Å². The highest BCUT2D eigenvalue weighted by atomic mass is 35.5. The Labute approximate surface area is 120 Å². The van der Waals surface area contributed by atoms with Crippen LogP contribution in [0.5, 0.6) is 0 Å². The van der Waals surface area contributed by atoms with Crippen LogP contribution in [-0.2, 0) is 13.0 Å². The minimum Gasteiger partial charge on any atom is -0.397 e. The second-order valence-corrected chi connectivity index (χ2v) is 5.37. The number of carbonyl (C=O) groups excluding carboxylic acids is 1. The Morgan fingerprint density at radius 1 is 1.58 bits per heavy atom. The highest BCUT2D eigenvalue weighted by Gasteiger charge is 2.12. The molecule has 2 aromatic rings. The molecule has 2 aromatic heterocycles. The lowest BCUT2D eigenvalue weighted by Crippen LogP contribution is -2.23. The van der Waals surface area contributed by atoms with Gasteiger partial charge in [0.1, 0.15) is 5.15 Å². The van der Waals surface area contributed by atoms with Gasteiger partial charge in [0.2, 0.25) is 0 Å². The zero-order chi connectivity index (χ0) is 13.8. The summed E-state index contributed by atoms with van der Waals surface area (Å²) in [7, 11) is 0. The maximum Gasteiger partial charge on any atom is 0.254 e. The number of rotatable bonds is 4. The molecule has 19 heavy (non-hydrogen) atoms. The number of hydrogen-bond donors (Lipinski definition) is 2. The van der Waals surface area contributed by atoms with E-state index < -0.39 is 0 Å². The van der Waals surface area contributed by atoms with Gasteiger partial charge in [-0.05, 0) is 29.5 Å². The SMILES string of the molecule is CCc1ccsc1CNC(=O)c1cc(N)cnc1Cl. The number of aromatic nitrogens is 1. The van der Waals surface area contributed by atoms with E-state index in [0.29, 0.717) is 17.8 Å². The third-order valence-corrected chi connectivity index (χ3v) is 4.00. The Bertz CT molecular complexity index is 597. The maximum atomic E-state index is 12.0. The molecule has 3 N–H and O–H groups in total. The number of aryl methyl sites for hydroxylation is 1. The number of thiophene rings is 1. The number of nitrogens with one attached hydrogen (secondary N) is 1. The third kappa shape index (κ3) is 3.24. The Balaban J connectivity index is 2.07. The van der Waals surface area contributed by atoms with E-state index in [1.54, 1.807) is 11.3 Å². The first-order valence-corrected chi connectivity index (χ1v) is 7.12. The van der Waals surface area contributed by atoms with Crippen molar-refractivity contribution < 1.29 is 4.79 Å². The lowest BCUT2D eigenvalue weighted by Gasteiger charge is -2.07. The molecule has 0 aliphatic heterocycles. The van der Waals surface area contributed by atoms with Crippen LogP contribution in [0, 0.1) is 0 Å². The number of pyridine rings is 1. The predicted octanol–water partition coefficient (Wildman–Crippen LogP) is 2.87. The second-order valence-electron chi connectivity index (χ2n) is 4.01. The van der Waals surface area contributed by atoms with Gasteiger partial charge in [0, 0.05) is 4.88 Å². The number of amides is 1. The van der Waals surface area contributed by atoms with E-state index in [1.807, 2.05) is 5.38 Å². The van der Waals surface area contributed by atoms with Crippen molar-refractivity contribution in [3.05, 3.63) is 44.9 Å². The highest BCUT2D eigenvalue weighted by molar-refractivity contribution is 7.10. The zero-order valence-electron chi connectivity index (χ0n) is 10.4. The quantitative estimate of drug-likeness (QED) is 0.852. The Kier molecular flexibility index (Phi) is 4.39. The van der Waals surface area contributed by atoms with Crippen molar-refractivity contribution in [2.45, 2.75) is 19.9 Å². The van der Waals surface area contributed by atoms with Gasteiger partial charge in [0.15, 0.2) is 0 Å². The molecule has 0 spiro atoms. The van der Waals surface area contributed by atoms with Crippen molar-refractivity contribution in [3.63, 3.8) is 0 Å². The molecule has 1 amide bonds. The smallest absolute Gasteiger partial charge is 0.254 e. The van der Waals surface area contributed by atoms with Crippen LogP contribution >= 0.6 is 22.9 Å². The average Bonchev–Trinajstić information content (AvgIpc) is 2.86. The van der Waals surface area contributed by atoms with E-state index in [4.69, 9.17) is 17.3 Å². The molecule has 4 nitrogen and oxygen atoms in total. The molecule has 0 aromatic carbocycles. The standard InChI is InChI=1S/C13H14ClN3OS/c1-2-8-3-4-19-11(8)7-17-13(18)10-5-9(15)6-16-12(10)14/h3-6H,2,7,15H2,1H3,(H,17,18). The summed E-state index contributed by atoms with van der Waals surface area (Å²) in [4.78, 5) is 17.0. The fraction of sp³-hybridized carbons (Fsp3) is 0.231. The Hall–Kier alpha value is -1.59. The van der Waals surface area contributed by atoms with Crippen LogP contribution in [0.4, 0.5) is 5.69 Å². The van der Waals surface area contributed by atoms with Crippen molar-refractivity contribution in [3.8, 4) is 0 Å². The van der Waals surface area contributed by atoms with Crippen molar-refractivity contribution in [2.24, 2.45) is 0 Å². The fourth-order valence-corrected chi connectivity index (χ4v) is 2.82. The first-order valence-electron chi connectivity index (χ1n) is 5.86. The molecule has 100 valence electrons. The van der Waals surface area contributed by atoms with Crippen LogP contribution in [0.2, 0.25) is 5.15 Å². The summed E-state index contributed by atoms with van der Waals surface area (Å²) in [6.45, 7) is 2.58. The van der Waals surface area contributed by atoms with Gasteiger partial charge in [0.05, 0.1) is 24.0 Å². The molecular formula is C13H14ClN3OS. The Morgan fingerprint density at radius 3 is 3.11 bits per heavy atom. The molecule has 0 atom stereocenters. The number of nitrogen functional groups attached to an aromatic ring is 1. The molecule has 0 aliphatic rings. The number of carbonyl (C=O) groups is 1. The van der Waals surface area contributed by atoms with Crippen molar-refractivity contribution in [1.29, 1.82) is 0 Å². The first-order chi connectivity index (χ1) is 9.11. The largest absolute Gasteiger partial charge is 0.397 e. The van der Waals surface area contributed by atoms with Gasteiger partial charge < -0.3 is 11.1 Å². The number of nitrogens with zero attached hydrogens (tertiary/aromatic N) is 1. The van der Waals surface area contributed by atoms with E-state index in [2.05, 4.69) is 23.3 Å². The number of anilines is 1. The summed E-state index contributed by atoms with van der Waals surface area (Å²) in [5.74, 6) is -0.264. The van der Waals surface area contributed by atoms with Crippen LogP contribution in [0.1, 0.15) is 27.7 Å². The number of halogens is 1. The normalized spacial score (nSPS) is 10.4. The maximum absolute atomic E-state index is 12.0. The molecule has 0 saturated heterocycles. The molecule has 6 heteroatoms. The lowest BCUT2D eigenvalue weighted by atomic mass is 10.2. The summed E-state index contributed by atoms with van der Waals surface area (Å²) in [5.41, 5.74) is 7.57. The van der Waals surface area contributed by atoms with Crippen LogP contribution in [0.25, 0.3) is 0 Å². The second kappa shape index (κ2) is 6.04. The fourth-order valence-electron chi connectivity index (χ4n) is 1.72. The van der Waals surface area contributed by atoms with E-state index in [9.17, 15) is 4.79 Å². The lowest BCUT2D eigenvalue weighted by molar-refractivity contribution is 0.0951. The van der Waals surface area contributed by atoms with Crippen molar-refractivity contribution in [2.75, 3.05) is 5.73 Å².